The quantitative estimate of drug-likeness (QED) is 0.733. The van der Waals surface area contributed by atoms with Crippen LogP contribution >= 0.6 is 11.6 Å². The highest BCUT2D eigenvalue weighted by atomic mass is 35.5. The fourth-order valence-corrected chi connectivity index (χ4v) is 1.67. The molecule has 0 fully saturated rings. The molecule has 4 heteroatoms. The first-order valence-corrected chi connectivity index (χ1v) is 6.01. The van der Waals surface area contributed by atoms with E-state index < -0.39 is 11.3 Å². The zero-order chi connectivity index (χ0) is 12.8. The van der Waals surface area contributed by atoms with Crippen LogP contribution in [0.3, 0.4) is 0 Å². The molecule has 0 heterocycles. The van der Waals surface area contributed by atoms with E-state index in [0.29, 0.717) is 12.4 Å². The zero-order valence-corrected chi connectivity index (χ0v) is 11.0. The first-order chi connectivity index (χ1) is 8.04. The van der Waals surface area contributed by atoms with Crippen LogP contribution in [0.25, 0.3) is 0 Å². The Kier molecular flexibility index (Phi) is 5.29. The van der Waals surface area contributed by atoms with E-state index >= 15 is 0 Å². The fourth-order valence-electron chi connectivity index (χ4n) is 1.37. The van der Waals surface area contributed by atoms with Crippen molar-refractivity contribution in [3.05, 3.63) is 24.3 Å². The lowest BCUT2D eigenvalue weighted by Gasteiger charge is -2.18. The van der Waals surface area contributed by atoms with Gasteiger partial charge in [-0.2, -0.15) is 0 Å². The van der Waals surface area contributed by atoms with Crippen molar-refractivity contribution < 1.29 is 14.3 Å². The van der Waals surface area contributed by atoms with Gasteiger partial charge in [0.2, 0.25) is 0 Å². The third-order valence-electron chi connectivity index (χ3n) is 2.23. The Morgan fingerprint density at radius 3 is 2.18 bits per heavy atom. The van der Waals surface area contributed by atoms with Crippen LogP contribution in [0.15, 0.2) is 24.3 Å². The minimum atomic E-state index is -0.616. The lowest BCUT2D eigenvalue weighted by molar-refractivity contribution is -0.119. The van der Waals surface area contributed by atoms with Gasteiger partial charge < -0.3 is 9.47 Å². The summed E-state index contributed by atoms with van der Waals surface area (Å²) in [6.45, 7) is 6.32. The van der Waals surface area contributed by atoms with E-state index in [4.69, 9.17) is 21.1 Å². The summed E-state index contributed by atoms with van der Waals surface area (Å²) < 4.78 is 10.8. The molecule has 0 saturated heterocycles. The Morgan fingerprint density at radius 1 is 1.24 bits per heavy atom. The molecule has 0 spiro atoms. The van der Waals surface area contributed by atoms with Crippen LogP contribution in [0.2, 0.25) is 0 Å². The van der Waals surface area contributed by atoms with Crippen LogP contribution < -0.4 is 9.47 Å². The number of hydrogen-bond acceptors (Lipinski definition) is 3. The molecule has 1 aromatic carbocycles. The third-order valence-corrected chi connectivity index (χ3v) is 2.44. The normalized spacial score (nSPS) is 12.3. The van der Waals surface area contributed by atoms with Crippen LogP contribution in [0.4, 0.5) is 0 Å². The Labute approximate surface area is 107 Å². The number of benzene rings is 1. The zero-order valence-electron chi connectivity index (χ0n) is 10.3. The van der Waals surface area contributed by atoms with Crippen LogP contribution in [-0.2, 0) is 4.79 Å². The first kappa shape index (κ1) is 13.8. The first-order valence-electron chi connectivity index (χ1n) is 5.63. The van der Waals surface area contributed by atoms with E-state index in [2.05, 4.69) is 0 Å². The van der Waals surface area contributed by atoms with Gasteiger partial charge >= 0.3 is 0 Å². The minimum absolute atomic E-state index is 0.0339. The second-order valence-electron chi connectivity index (χ2n) is 3.99. The molecule has 1 aromatic rings. The molecular weight excluding hydrogens is 240 g/mol. The molecule has 0 aliphatic rings. The van der Waals surface area contributed by atoms with E-state index in [1.807, 2.05) is 20.8 Å². The Hall–Kier alpha value is -1.22. The van der Waals surface area contributed by atoms with Gasteiger partial charge in [0.25, 0.3) is 5.24 Å². The summed E-state index contributed by atoms with van der Waals surface area (Å²) in [5.41, 5.74) is 0. The molecule has 3 nitrogen and oxygen atoms in total. The predicted octanol–water partition coefficient (Wildman–Crippen LogP) is 3.25. The standard InChI is InChI=1S/C13H17ClO3/c1-4-16-10-5-7-11(8-6-10)17-12(9(2)3)13(14)15/h5-9,12H,4H2,1-3H3. The minimum Gasteiger partial charge on any atom is -0.494 e. The fraction of sp³-hybridized carbons (Fsp3) is 0.462. The van der Waals surface area contributed by atoms with Crippen LogP contribution in [-0.4, -0.2) is 18.0 Å². The Bertz CT molecular complexity index is 359. The Balaban J connectivity index is 2.70. The van der Waals surface area contributed by atoms with Crippen molar-refractivity contribution in [3.63, 3.8) is 0 Å². The molecule has 0 amide bonds. The summed E-state index contributed by atoms with van der Waals surface area (Å²) in [6, 6.07) is 7.13. The summed E-state index contributed by atoms with van der Waals surface area (Å²) in [4.78, 5) is 11.2. The largest absolute Gasteiger partial charge is 0.494 e. The molecule has 0 aromatic heterocycles. The maximum absolute atomic E-state index is 11.2. The van der Waals surface area contributed by atoms with Gasteiger partial charge in [0, 0.05) is 0 Å². The van der Waals surface area contributed by atoms with Crippen molar-refractivity contribution in [2.24, 2.45) is 5.92 Å². The molecule has 0 radical (unpaired) electrons. The smallest absolute Gasteiger partial charge is 0.262 e. The molecule has 1 rings (SSSR count). The van der Waals surface area contributed by atoms with E-state index in [9.17, 15) is 4.79 Å². The molecule has 0 bridgehead atoms. The van der Waals surface area contributed by atoms with Crippen molar-refractivity contribution in [2.45, 2.75) is 26.9 Å². The van der Waals surface area contributed by atoms with Crippen molar-refractivity contribution >= 4 is 16.8 Å². The number of carbonyl (C=O) groups excluding carboxylic acids is 1. The highest BCUT2D eigenvalue weighted by Crippen LogP contribution is 2.21. The number of rotatable bonds is 6. The van der Waals surface area contributed by atoms with Gasteiger partial charge in [-0.1, -0.05) is 13.8 Å². The highest BCUT2D eigenvalue weighted by Gasteiger charge is 2.22. The van der Waals surface area contributed by atoms with Crippen molar-refractivity contribution in [3.8, 4) is 11.5 Å². The van der Waals surface area contributed by atoms with Crippen molar-refractivity contribution in [2.75, 3.05) is 6.61 Å². The topological polar surface area (TPSA) is 35.5 Å². The Morgan fingerprint density at radius 2 is 1.76 bits per heavy atom. The van der Waals surface area contributed by atoms with Gasteiger partial charge in [-0.25, -0.2) is 0 Å². The van der Waals surface area contributed by atoms with Gasteiger partial charge in [0.1, 0.15) is 11.5 Å². The summed E-state index contributed by atoms with van der Waals surface area (Å²) in [5, 5.41) is -0.478. The SMILES string of the molecule is CCOc1ccc(OC(C(=O)Cl)C(C)C)cc1. The summed E-state index contributed by atoms with van der Waals surface area (Å²) >= 11 is 5.48. The molecule has 1 atom stereocenters. The molecule has 94 valence electrons. The molecule has 17 heavy (non-hydrogen) atoms. The monoisotopic (exact) mass is 256 g/mol. The molecule has 0 aliphatic carbocycles. The van der Waals surface area contributed by atoms with Crippen molar-refractivity contribution in [1.29, 1.82) is 0 Å². The number of carbonyl (C=O) groups is 1. The summed E-state index contributed by atoms with van der Waals surface area (Å²) in [6.07, 6.45) is -0.616. The second kappa shape index (κ2) is 6.50. The summed E-state index contributed by atoms with van der Waals surface area (Å²) in [5.74, 6) is 1.42. The lowest BCUT2D eigenvalue weighted by atomic mass is 10.1. The molecule has 0 aliphatic heterocycles. The van der Waals surface area contributed by atoms with Gasteiger partial charge in [-0.15, -0.1) is 0 Å². The van der Waals surface area contributed by atoms with Gasteiger partial charge in [0.05, 0.1) is 6.61 Å². The number of ether oxygens (including phenoxy) is 2. The maximum atomic E-state index is 11.2. The van der Waals surface area contributed by atoms with E-state index in [-0.39, 0.29) is 5.92 Å². The molecule has 1 unspecified atom stereocenters. The van der Waals surface area contributed by atoms with E-state index in [1.165, 1.54) is 0 Å². The van der Waals surface area contributed by atoms with Crippen LogP contribution in [0, 0.1) is 5.92 Å². The van der Waals surface area contributed by atoms with Gasteiger partial charge in [-0.05, 0) is 48.7 Å². The average Bonchev–Trinajstić information content (AvgIpc) is 2.27. The second-order valence-corrected chi connectivity index (χ2v) is 4.36. The predicted molar refractivity (Wildman–Crippen MR) is 67.7 cm³/mol. The average molecular weight is 257 g/mol. The number of halogens is 1. The molecular formula is C13H17ClO3. The molecule has 0 saturated carbocycles. The van der Waals surface area contributed by atoms with E-state index in [1.54, 1.807) is 24.3 Å². The van der Waals surface area contributed by atoms with Crippen LogP contribution in [0.5, 0.6) is 11.5 Å². The number of hydrogen-bond donors (Lipinski definition) is 0. The van der Waals surface area contributed by atoms with E-state index in [0.717, 1.165) is 5.75 Å². The third kappa shape index (κ3) is 4.27. The molecule has 0 N–H and O–H groups in total. The lowest BCUT2D eigenvalue weighted by Crippen LogP contribution is -2.29. The van der Waals surface area contributed by atoms with Crippen molar-refractivity contribution in [1.82, 2.24) is 0 Å². The van der Waals surface area contributed by atoms with Gasteiger partial charge in [0.15, 0.2) is 6.10 Å². The maximum Gasteiger partial charge on any atom is 0.262 e. The van der Waals surface area contributed by atoms with Gasteiger partial charge in [-0.3, -0.25) is 4.79 Å². The summed E-state index contributed by atoms with van der Waals surface area (Å²) in [7, 11) is 0. The van der Waals surface area contributed by atoms with Crippen LogP contribution in [0.1, 0.15) is 20.8 Å². The highest BCUT2D eigenvalue weighted by molar-refractivity contribution is 6.64.